The number of nitrogens with zero attached hydrogens (tertiary/aromatic N) is 4. The first-order valence-corrected chi connectivity index (χ1v) is 10.7. The second-order valence-electron chi connectivity index (χ2n) is 7.79. The number of hydrogen-bond acceptors (Lipinski definition) is 5. The summed E-state index contributed by atoms with van der Waals surface area (Å²) in [6.45, 7) is 2.65. The smallest absolute Gasteiger partial charge is 0.407 e. The first kappa shape index (κ1) is 20.9. The van der Waals surface area contributed by atoms with Gasteiger partial charge in [0.2, 0.25) is 5.91 Å². The molecule has 1 aromatic carbocycles. The van der Waals surface area contributed by atoms with Gasteiger partial charge in [-0.3, -0.25) is 14.3 Å². The van der Waals surface area contributed by atoms with Crippen LogP contribution in [0.1, 0.15) is 34.6 Å². The summed E-state index contributed by atoms with van der Waals surface area (Å²) >= 11 is 0. The number of rotatable bonds is 5. The largest absolute Gasteiger partial charge is 0.445 e. The summed E-state index contributed by atoms with van der Waals surface area (Å²) in [6.07, 6.45) is 2.56. The summed E-state index contributed by atoms with van der Waals surface area (Å²) in [7, 11) is 0. The molecule has 4 rings (SSSR count). The first-order chi connectivity index (χ1) is 15.1. The molecule has 3 heterocycles. The number of hydrogen-bond donors (Lipinski definition) is 1. The standard InChI is InChI=1S/C22H27N5O4/c28-20(15-23-22(30)31-16-17-6-2-1-3-7-17)25-10-12-26(13-11-25)21(29)19-14-18-8-4-5-9-27(18)24-19/h1-3,6-7,14H,4-5,8-13,15-16H2,(H,23,30). The van der Waals surface area contributed by atoms with E-state index < -0.39 is 6.09 Å². The molecule has 0 spiro atoms. The van der Waals surface area contributed by atoms with Crippen LogP contribution in [0.5, 0.6) is 0 Å². The van der Waals surface area contributed by atoms with Crippen LogP contribution in [-0.2, 0) is 29.1 Å². The third kappa shape index (κ3) is 5.22. The Morgan fingerprint density at radius 3 is 2.45 bits per heavy atom. The van der Waals surface area contributed by atoms with Crippen LogP contribution in [0.3, 0.4) is 0 Å². The molecule has 0 saturated carbocycles. The van der Waals surface area contributed by atoms with Crippen LogP contribution in [0.2, 0.25) is 0 Å². The summed E-state index contributed by atoms with van der Waals surface area (Å²) in [5.74, 6) is -0.280. The molecule has 9 heteroatoms. The average Bonchev–Trinajstić information content (AvgIpc) is 3.26. The summed E-state index contributed by atoms with van der Waals surface area (Å²) < 4.78 is 7.04. The van der Waals surface area contributed by atoms with Crippen molar-refractivity contribution in [3.8, 4) is 0 Å². The molecule has 1 aromatic heterocycles. The Hall–Kier alpha value is -3.36. The van der Waals surface area contributed by atoms with E-state index in [1.807, 2.05) is 41.1 Å². The lowest BCUT2D eigenvalue weighted by atomic mass is 10.1. The lowest BCUT2D eigenvalue weighted by Crippen LogP contribution is -2.52. The Morgan fingerprint density at radius 1 is 0.968 bits per heavy atom. The number of aryl methyl sites for hydroxylation is 2. The molecule has 2 aliphatic rings. The molecule has 31 heavy (non-hydrogen) atoms. The van der Waals surface area contributed by atoms with Gasteiger partial charge < -0.3 is 19.9 Å². The molecule has 0 unspecified atom stereocenters. The maximum absolute atomic E-state index is 12.8. The quantitative estimate of drug-likeness (QED) is 0.782. The Kier molecular flexibility index (Phi) is 6.49. The molecule has 9 nitrogen and oxygen atoms in total. The van der Waals surface area contributed by atoms with Gasteiger partial charge in [-0.15, -0.1) is 0 Å². The van der Waals surface area contributed by atoms with E-state index in [0.29, 0.717) is 31.9 Å². The van der Waals surface area contributed by atoms with E-state index in [1.165, 1.54) is 0 Å². The summed E-state index contributed by atoms with van der Waals surface area (Å²) in [5.41, 5.74) is 2.48. The Morgan fingerprint density at radius 2 is 1.71 bits per heavy atom. The Bertz CT molecular complexity index is 911. The molecular weight excluding hydrogens is 398 g/mol. The van der Waals surface area contributed by atoms with Crippen LogP contribution in [0.15, 0.2) is 36.4 Å². The van der Waals surface area contributed by atoms with Gasteiger partial charge in [0.15, 0.2) is 5.69 Å². The summed E-state index contributed by atoms with van der Waals surface area (Å²) in [5, 5.41) is 6.94. The zero-order chi connectivity index (χ0) is 21.6. The molecule has 164 valence electrons. The lowest BCUT2D eigenvalue weighted by molar-refractivity contribution is -0.131. The zero-order valence-corrected chi connectivity index (χ0v) is 17.5. The van der Waals surface area contributed by atoms with Crippen molar-refractivity contribution in [2.45, 2.75) is 32.4 Å². The number of amides is 3. The maximum atomic E-state index is 12.8. The van der Waals surface area contributed by atoms with Crippen molar-refractivity contribution in [3.63, 3.8) is 0 Å². The van der Waals surface area contributed by atoms with Crippen molar-refractivity contribution in [3.05, 3.63) is 53.3 Å². The number of carbonyl (C=O) groups excluding carboxylic acids is 3. The van der Waals surface area contributed by atoms with E-state index in [-0.39, 0.29) is 25.0 Å². The van der Waals surface area contributed by atoms with Crippen LogP contribution in [0, 0.1) is 0 Å². The van der Waals surface area contributed by atoms with E-state index in [9.17, 15) is 14.4 Å². The Labute approximate surface area is 180 Å². The van der Waals surface area contributed by atoms with Crippen molar-refractivity contribution in [2.24, 2.45) is 0 Å². The van der Waals surface area contributed by atoms with Gasteiger partial charge in [0.1, 0.15) is 13.2 Å². The lowest BCUT2D eigenvalue weighted by Gasteiger charge is -2.34. The fourth-order valence-electron chi connectivity index (χ4n) is 3.88. The summed E-state index contributed by atoms with van der Waals surface area (Å²) in [6, 6.07) is 11.2. The van der Waals surface area contributed by atoms with Crippen molar-refractivity contribution in [1.29, 1.82) is 0 Å². The fourth-order valence-corrected chi connectivity index (χ4v) is 3.88. The monoisotopic (exact) mass is 425 g/mol. The van der Waals surface area contributed by atoms with Gasteiger partial charge in [0, 0.05) is 38.4 Å². The SMILES string of the molecule is O=C(NCC(=O)N1CCN(C(=O)c2cc3n(n2)CCCC3)CC1)OCc1ccccc1. The Balaban J connectivity index is 1.19. The molecule has 1 saturated heterocycles. The number of alkyl carbamates (subject to hydrolysis) is 1. The molecule has 0 bridgehead atoms. The molecule has 2 aliphatic heterocycles. The van der Waals surface area contributed by atoms with E-state index in [0.717, 1.165) is 37.1 Å². The number of ether oxygens (including phenoxy) is 1. The molecule has 2 aromatic rings. The molecular formula is C22H27N5O4. The second kappa shape index (κ2) is 9.63. The van der Waals surface area contributed by atoms with Gasteiger partial charge in [0.05, 0.1) is 0 Å². The molecule has 1 fully saturated rings. The van der Waals surface area contributed by atoms with E-state index in [2.05, 4.69) is 10.4 Å². The highest BCUT2D eigenvalue weighted by molar-refractivity contribution is 5.92. The van der Waals surface area contributed by atoms with Crippen LogP contribution in [-0.4, -0.2) is 70.2 Å². The van der Waals surface area contributed by atoms with Crippen molar-refractivity contribution in [1.82, 2.24) is 24.9 Å². The topological polar surface area (TPSA) is 96.8 Å². The van der Waals surface area contributed by atoms with Gasteiger partial charge in [-0.2, -0.15) is 5.10 Å². The minimum absolute atomic E-state index is 0.0865. The summed E-state index contributed by atoms with van der Waals surface area (Å²) in [4.78, 5) is 40.4. The van der Waals surface area contributed by atoms with Crippen LogP contribution in [0.4, 0.5) is 4.79 Å². The van der Waals surface area contributed by atoms with Gasteiger partial charge in [0.25, 0.3) is 5.91 Å². The average molecular weight is 425 g/mol. The maximum Gasteiger partial charge on any atom is 0.407 e. The van der Waals surface area contributed by atoms with Gasteiger partial charge in [-0.1, -0.05) is 30.3 Å². The number of piperazine rings is 1. The number of benzene rings is 1. The number of fused-ring (bicyclic) bond motifs is 1. The predicted molar refractivity (Wildman–Crippen MR) is 112 cm³/mol. The normalized spacial score (nSPS) is 15.9. The van der Waals surface area contributed by atoms with Gasteiger partial charge >= 0.3 is 6.09 Å². The second-order valence-corrected chi connectivity index (χ2v) is 7.79. The predicted octanol–water partition coefficient (Wildman–Crippen LogP) is 1.43. The van der Waals surface area contributed by atoms with Crippen molar-refractivity contribution >= 4 is 17.9 Å². The highest BCUT2D eigenvalue weighted by Crippen LogP contribution is 2.17. The van der Waals surface area contributed by atoms with E-state index >= 15 is 0 Å². The van der Waals surface area contributed by atoms with Crippen LogP contribution < -0.4 is 5.32 Å². The van der Waals surface area contributed by atoms with E-state index in [4.69, 9.17) is 4.74 Å². The molecule has 0 radical (unpaired) electrons. The highest BCUT2D eigenvalue weighted by Gasteiger charge is 2.27. The first-order valence-electron chi connectivity index (χ1n) is 10.7. The molecule has 1 N–H and O–H groups in total. The van der Waals surface area contributed by atoms with Crippen LogP contribution in [0.25, 0.3) is 0 Å². The van der Waals surface area contributed by atoms with Crippen molar-refractivity contribution < 1.29 is 19.1 Å². The van der Waals surface area contributed by atoms with Crippen molar-refractivity contribution in [2.75, 3.05) is 32.7 Å². The molecule has 0 aliphatic carbocycles. The third-order valence-corrected chi connectivity index (χ3v) is 5.65. The number of nitrogens with one attached hydrogen (secondary N) is 1. The van der Waals surface area contributed by atoms with E-state index in [1.54, 1.807) is 9.80 Å². The molecule has 3 amide bonds. The third-order valence-electron chi connectivity index (χ3n) is 5.65. The molecule has 0 atom stereocenters. The highest BCUT2D eigenvalue weighted by atomic mass is 16.5. The number of carbonyl (C=O) groups is 3. The number of aromatic nitrogens is 2. The zero-order valence-electron chi connectivity index (χ0n) is 17.5. The van der Waals surface area contributed by atoms with Gasteiger partial charge in [-0.25, -0.2) is 4.79 Å². The minimum atomic E-state index is -0.630. The minimum Gasteiger partial charge on any atom is -0.445 e. The van der Waals surface area contributed by atoms with Gasteiger partial charge in [-0.05, 0) is 30.9 Å². The fraction of sp³-hybridized carbons (Fsp3) is 0.455. The van der Waals surface area contributed by atoms with Crippen LogP contribution >= 0.6 is 0 Å².